The van der Waals surface area contributed by atoms with Crippen molar-refractivity contribution in [3.63, 3.8) is 0 Å². The summed E-state index contributed by atoms with van der Waals surface area (Å²) in [5, 5.41) is 0. The highest BCUT2D eigenvalue weighted by molar-refractivity contribution is 6.58. The Morgan fingerprint density at radius 1 is 0.938 bits per heavy atom. The van der Waals surface area contributed by atoms with Gasteiger partial charge in [0, 0.05) is 8.80 Å². The van der Waals surface area contributed by atoms with Crippen LogP contribution < -0.4 is 4.74 Å². The predicted molar refractivity (Wildman–Crippen MR) is 116 cm³/mol. The van der Waals surface area contributed by atoms with Crippen molar-refractivity contribution in [1.29, 1.82) is 0 Å². The topological polar surface area (TPSA) is 9.23 Å². The fourth-order valence-electron chi connectivity index (χ4n) is 4.62. The van der Waals surface area contributed by atoms with Crippen LogP contribution in [0.2, 0.25) is 18.1 Å². The first kappa shape index (κ1) is 24.7. The highest BCUT2D eigenvalue weighted by Gasteiger charge is 2.23. The molecule has 0 saturated carbocycles. The molecule has 176 valence electrons. The van der Waals surface area contributed by atoms with E-state index in [1.807, 2.05) is 0 Å². The third kappa shape index (κ3) is 6.30. The Labute approximate surface area is 186 Å². The minimum atomic E-state index is -2.91. The predicted octanol–water partition coefficient (Wildman–Crippen LogP) is 7.53. The molecule has 1 nitrogen and oxygen atoms in total. The quantitative estimate of drug-likeness (QED) is 0.270. The van der Waals surface area contributed by atoms with Crippen LogP contribution in [-0.4, -0.2) is 21.8 Å². The van der Waals surface area contributed by atoms with Gasteiger partial charge >= 0.3 is 0 Å². The SMILES string of the molecule is CCC[SiH]1CCC(CCc2cc(F)c(-c3cc(F)c(OCC(F)F)c(F)c3)c(F)c2)CC1. The molecule has 3 rings (SSSR count). The van der Waals surface area contributed by atoms with Crippen LogP contribution in [0, 0.1) is 29.2 Å². The number of rotatable bonds is 9. The Hall–Kier alpha value is -1.96. The van der Waals surface area contributed by atoms with Crippen LogP contribution in [0.15, 0.2) is 24.3 Å². The molecule has 1 aliphatic heterocycles. The van der Waals surface area contributed by atoms with E-state index in [-0.39, 0.29) is 5.56 Å². The highest BCUT2D eigenvalue weighted by Crippen LogP contribution is 2.34. The molecule has 2 aromatic carbocycles. The van der Waals surface area contributed by atoms with Gasteiger partial charge in [-0.2, -0.15) is 0 Å². The standard InChI is InChI=1S/C24H28F6OSi/c1-2-7-32-8-5-15(6-9-32)3-4-16-10-18(25)23(19(26)11-16)17-12-20(27)24(21(28)13-17)31-14-22(29)30/h10-13,15,22,32H,2-9,14H2,1H3. The van der Waals surface area contributed by atoms with Gasteiger partial charge in [0.05, 0.1) is 5.56 Å². The number of aryl methyl sites for hydroxylation is 1. The number of alkyl halides is 2. The van der Waals surface area contributed by atoms with Gasteiger partial charge in [-0.3, -0.25) is 0 Å². The van der Waals surface area contributed by atoms with Crippen LogP contribution in [0.3, 0.4) is 0 Å². The largest absolute Gasteiger partial charge is 0.482 e. The molecule has 0 amide bonds. The van der Waals surface area contributed by atoms with Crippen molar-refractivity contribution in [3.8, 4) is 16.9 Å². The fraction of sp³-hybridized carbons (Fsp3) is 0.500. The summed E-state index contributed by atoms with van der Waals surface area (Å²) in [6, 6.07) is 7.85. The van der Waals surface area contributed by atoms with E-state index in [4.69, 9.17) is 0 Å². The van der Waals surface area contributed by atoms with Gasteiger partial charge in [0.15, 0.2) is 17.4 Å². The van der Waals surface area contributed by atoms with E-state index in [9.17, 15) is 26.3 Å². The van der Waals surface area contributed by atoms with Crippen molar-refractivity contribution < 1.29 is 31.1 Å². The second-order valence-electron chi connectivity index (χ2n) is 8.62. The van der Waals surface area contributed by atoms with E-state index in [2.05, 4.69) is 11.7 Å². The summed E-state index contributed by atoms with van der Waals surface area (Å²) < 4.78 is 86.6. The molecule has 1 fully saturated rings. The molecule has 1 heterocycles. The zero-order chi connectivity index (χ0) is 23.3. The summed E-state index contributed by atoms with van der Waals surface area (Å²) >= 11 is 0. The Morgan fingerprint density at radius 3 is 2.06 bits per heavy atom. The van der Waals surface area contributed by atoms with Crippen LogP contribution in [-0.2, 0) is 6.42 Å². The van der Waals surface area contributed by atoms with E-state index >= 15 is 0 Å². The maximum absolute atomic E-state index is 14.7. The number of hydrogen-bond acceptors (Lipinski definition) is 1. The van der Waals surface area contributed by atoms with E-state index < -0.39 is 56.4 Å². The second-order valence-corrected chi connectivity index (χ2v) is 12.1. The molecule has 0 atom stereocenters. The molecule has 1 saturated heterocycles. The van der Waals surface area contributed by atoms with Gasteiger partial charge in [-0.05, 0) is 54.2 Å². The van der Waals surface area contributed by atoms with Gasteiger partial charge in [-0.1, -0.05) is 44.3 Å². The number of halogens is 6. The van der Waals surface area contributed by atoms with Gasteiger partial charge in [0.25, 0.3) is 6.43 Å². The van der Waals surface area contributed by atoms with Gasteiger partial charge in [-0.15, -0.1) is 0 Å². The van der Waals surface area contributed by atoms with Crippen LogP contribution in [0.25, 0.3) is 11.1 Å². The molecule has 0 radical (unpaired) electrons. The van der Waals surface area contributed by atoms with Crippen LogP contribution >= 0.6 is 0 Å². The zero-order valence-corrected chi connectivity index (χ0v) is 19.2. The molecule has 0 spiro atoms. The average molecular weight is 475 g/mol. The van der Waals surface area contributed by atoms with Crippen molar-refractivity contribution in [3.05, 3.63) is 53.1 Å². The number of hydrogen-bond donors (Lipinski definition) is 0. The Bertz CT molecular complexity index is 865. The molecule has 2 aromatic rings. The Kier molecular flexibility index (Phi) is 8.68. The molecule has 0 N–H and O–H groups in total. The summed E-state index contributed by atoms with van der Waals surface area (Å²) in [5.74, 6) is -4.86. The van der Waals surface area contributed by atoms with Gasteiger partial charge < -0.3 is 4.74 Å². The summed E-state index contributed by atoms with van der Waals surface area (Å²) in [6.45, 7) is 1.04. The lowest BCUT2D eigenvalue weighted by molar-refractivity contribution is 0.0777. The Balaban J connectivity index is 1.69. The van der Waals surface area contributed by atoms with Gasteiger partial charge in [0.2, 0.25) is 0 Å². The normalized spacial score (nSPS) is 18.9. The van der Waals surface area contributed by atoms with Crippen molar-refractivity contribution in [1.82, 2.24) is 0 Å². The average Bonchev–Trinajstić information content (AvgIpc) is 2.72. The third-order valence-electron chi connectivity index (χ3n) is 6.25. The first-order valence-electron chi connectivity index (χ1n) is 11.2. The molecule has 1 aliphatic rings. The zero-order valence-electron chi connectivity index (χ0n) is 18.1. The first-order chi connectivity index (χ1) is 15.3. The summed E-state index contributed by atoms with van der Waals surface area (Å²) in [4.78, 5) is 0. The number of ether oxygens (including phenoxy) is 1. The smallest absolute Gasteiger partial charge is 0.272 e. The summed E-state index contributed by atoms with van der Waals surface area (Å²) in [5.41, 5.74) is -0.405. The van der Waals surface area contributed by atoms with Gasteiger partial charge in [0.1, 0.15) is 18.2 Å². The first-order valence-corrected chi connectivity index (χ1v) is 13.6. The monoisotopic (exact) mass is 474 g/mol. The lowest BCUT2D eigenvalue weighted by atomic mass is 9.93. The van der Waals surface area contributed by atoms with Crippen LogP contribution in [0.1, 0.15) is 38.2 Å². The van der Waals surface area contributed by atoms with E-state index in [1.165, 1.54) is 49.5 Å². The minimum Gasteiger partial charge on any atom is -0.482 e. The van der Waals surface area contributed by atoms with Crippen LogP contribution in [0.5, 0.6) is 5.75 Å². The molecule has 0 aliphatic carbocycles. The molecule has 0 unspecified atom stereocenters. The lowest BCUT2D eigenvalue weighted by Gasteiger charge is -2.27. The molecular weight excluding hydrogens is 446 g/mol. The lowest BCUT2D eigenvalue weighted by Crippen LogP contribution is -2.21. The molecule has 32 heavy (non-hydrogen) atoms. The Morgan fingerprint density at radius 2 is 1.53 bits per heavy atom. The molecular formula is C24H28F6OSi. The molecule has 0 aromatic heterocycles. The van der Waals surface area contributed by atoms with Crippen molar-refractivity contribution >= 4 is 8.80 Å². The van der Waals surface area contributed by atoms with Crippen molar-refractivity contribution in [2.24, 2.45) is 5.92 Å². The van der Waals surface area contributed by atoms with E-state index in [0.29, 0.717) is 30.0 Å². The van der Waals surface area contributed by atoms with E-state index in [1.54, 1.807) is 0 Å². The summed E-state index contributed by atoms with van der Waals surface area (Å²) in [7, 11) is -0.571. The van der Waals surface area contributed by atoms with Crippen molar-refractivity contribution in [2.75, 3.05) is 6.61 Å². The van der Waals surface area contributed by atoms with Crippen molar-refractivity contribution in [2.45, 2.75) is 63.6 Å². The van der Waals surface area contributed by atoms with E-state index in [0.717, 1.165) is 6.42 Å². The third-order valence-corrected chi connectivity index (χ3v) is 9.94. The maximum atomic E-state index is 14.7. The minimum absolute atomic E-state index is 0.356. The van der Waals surface area contributed by atoms with Crippen LogP contribution in [0.4, 0.5) is 26.3 Å². The highest BCUT2D eigenvalue weighted by atomic mass is 28.3. The molecule has 0 bridgehead atoms. The maximum Gasteiger partial charge on any atom is 0.272 e. The summed E-state index contributed by atoms with van der Waals surface area (Å²) in [6.07, 6.45) is 2.14. The fourth-order valence-corrected chi connectivity index (χ4v) is 8.19. The van der Waals surface area contributed by atoms with Gasteiger partial charge in [-0.25, -0.2) is 26.3 Å². The second kappa shape index (κ2) is 11.3. The number of benzene rings is 2. The molecule has 8 heteroatoms.